The normalized spacial score (nSPS) is 10.8. The van der Waals surface area contributed by atoms with Crippen LogP contribution in [-0.2, 0) is 17.8 Å². The van der Waals surface area contributed by atoms with Crippen LogP contribution in [0, 0.1) is 0 Å². The van der Waals surface area contributed by atoms with Crippen LogP contribution in [0.1, 0.15) is 53.4 Å². The van der Waals surface area contributed by atoms with Crippen molar-refractivity contribution in [3.05, 3.63) is 105 Å². The Morgan fingerprint density at radius 1 is 0.868 bits per heavy atom. The number of pyridine rings is 2. The number of anilines is 2. The van der Waals surface area contributed by atoms with Gasteiger partial charge in [-0.15, -0.1) is 0 Å². The Kier molecular flexibility index (Phi) is 15.1. The van der Waals surface area contributed by atoms with E-state index in [1.807, 2.05) is 38.1 Å². The van der Waals surface area contributed by atoms with Crippen molar-refractivity contribution in [2.75, 3.05) is 44.0 Å². The second kappa shape index (κ2) is 19.7. The standard InChI is InChI=1S/C19H23BrN6O2.C15H16BrN7O.CH4/c1-13(2)25(7-8-28-3)19(27)16-9-17(22-11-14-5-4-6-21-10-14)26-18(24-16)15(20)12-23-26;16-11-9-21-23-13(20-8-10-2-1-4-18-7-10)6-12(22-14(11)23)15(24)19-5-3-17;/h4-6,9-10,12-13,22H,7-8,11H2,1-3H3;1-2,4,6-7,9,20H,3,5,8,17H2,(H,19,24);1H4. The van der Waals surface area contributed by atoms with Gasteiger partial charge < -0.3 is 31.3 Å². The van der Waals surface area contributed by atoms with Gasteiger partial charge in [-0.05, 0) is 69.0 Å². The number of nitrogens with two attached hydrogens (primary N) is 1. The van der Waals surface area contributed by atoms with E-state index in [0.717, 1.165) is 15.6 Å². The molecule has 0 aliphatic rings. The number of aromatic nitrogens is 8. The Hall–Kier alpha value is -5.04. The van der Waals surface area contributed by atoms with E-state index < -0.39 is 0 Å². The van der Waals surface area contributed by atoms with Crippen LogP contribution < -0.4 is 21.7 Å². The van der Waals surface area contributed by atoms with E-state index in [1.165, 1.54) is 0 Å². The van der Waals surface area contributed by atoms with Crippen molar-refractivity contribution in [3.8, 4) is 0 Å². The fourth-order valence-electron chi connectivity index (χ4n) is 4.95. The minimum Gasteiger partial charge on any atom is -0.383 e. The van der Waals surface area contributed by atoms with Crippen molar-refractivity contribution in [1.29, 1.82) is 0 Å². The molecule has 6 aromatic heterocycles. The lowest BCUT2D eigenvalue weighted by Crippen LogP contribution is -2.39. The van der Waals surface area contributed by atoms with Crippen LogP contribution >= 0.6 is 31.9 Å². The number of methoxy groups -OCH3 is 1. The molecule has 0 radical (unpaired) electrons. The van der Waals surface area contributed by atoms with Gasteiger partial charge in [-0.2, -0.15) is 19.2 Å². The van der Waals surface area contributed by atoms with Crippen LogP contribution in [0.3, 0.4) is 0 Å². The predicted octanol–water partition coefficient (Wildman–Crippen LogP) is 4.82. The summed E-state index contributed by atoms with van der Waals surface area (Å²) in [5.41, 5.74) is 9.25. The molecule has 0 atom stereocenters. The molecule has 16 nitrogen and oxygen atoms in total. The summed E-state index contributed by atoms with van der Waals surface area (Å²) < 4.78 is 9.88. The Balaban J connectivity index is 0.000000235. The molecule has 6 heterocycles. The van der Waals surface area contributed by atoms with E-state index in [0.29, 0.717) is 78.1 Å². The first-order valence-corrected chi connectivity index (χ1v) is 17.9. The third-order valence-corrected chi connectivity index (χ3v) is 8.67. The highest BCUT2D eigenvalue weighted by molar-refractivity contribution is 9.11. The van der Waals surface area contributed by atoms with Gasteiger partial charge in [0.15, 0.2) is 11.3 Å². The fraction of sp³-hybridized carbons (Fsp3) is 0.314. The van der Waals surface area contributed by atoms with E-state index in [-0.39, 0.29) is 25.3 Å². The van der Waals surface area contributed by atoms with E-state index in [1.54, 1.807) is 70.4 Å². The van der Waals surface area contributed by atoms with E-state index in [9.17, 15) is 9.59 Å². The SMILES string of the molecule is C.COCCN(C(=O)c1cc(NCc2cccnc2)n2ncc(Br)c2n1)C(C)C.NCCNC(=O)c1cc(NCc2cccnc2)n2ncc(Br)c2n1. The highest BCUT2D eigenvalue weighted by Gasteiger charge is 2.22. The summed E-state index contributed by atoms with van der Waals surface area (Å²) in [6, 6.07) is 11.1. The first-order valence-electron chi connectivity index (χ1n) is 16.3. The topological polar surface area (TPSA) is 195 Å². The number of fused-ring (bicyclic) bond motifs is 2. The van der Waals surface area contributed by atoms with Crippen molar-refractivity contribution in [3.63, 3.8) is 0 Å². The fourth-order valence-corrected chi connectivity index (χ4v) is 5.64. The van der Waals surface area contributed by atoms with Gasteiger partial charge in [0, 0.05) is 82.8 Å². The molecule has 0 bridgehead atoms. The number of hydrogen-bond acceptors (Lipinski definition) is 12. The molecule has 0 aromatic carbocycles. The van der Waals surface area contributed by atoms with Crippen LogP contribution in [0.4, 0.5) is 11.6 Å². The molecule has 2 amide bonds. The number of carbonyl (C=O) groups excluding carboxylic acids is 2. The molecule has 0 saturated carbocycles. The maximum absolute atomic E-state index is 13.1. The van der Waals surface area contributed by atoms with Crippen LogP contribution in [0.2, 0.25) is 0 Å². The van der Waals surface area contributed by atoms with Crippen LogP contribution in [-0.4, -0.2) is 95.3 Å². The van der Waals surface area contributed by atoms with Crippen molar-refractivity contribution in [2.45, 2.75) is 40.4 Å². The summed E-state index contributed by atoms with van der Waals surface area (Å²) in [6.45, 7) is 6.78. The summed E-state index contributed by atoms with van der Waals surface area (Å²) in [5, 5.41) is 17.9. The summed E-state index contributed by atoms with van der Waals surface area (Å²) >= 11 is 6.86. The summed E-state index contributed by atoms with van der Waals surface area (Å²) in [7, 11) is 1.62. The number of hydrogen-bond donors (Lipinski definition) is 4. The van der Waals surface area contributed by atoms with Gasteiger partial charge in [0.2, 0.25) is 0 Å². The summed E-state index contributed by atoms with van der Waals surface area (Å²) in [6.07, 6.45) is 10.3. The van der Waals surface area contributed by atoms with Gasteiger partial charge in [0.25, 0.3) is 11.8 Å². The molecule has 0 unspecified atom stereocenters. The molecule has 0 aliphatic heterocycles. The number of nitrogens with one attached hydrogen (secondary N) is 3. The number of amides is 2. The zero-order chi connectivity index (χ0) is 37.0. The molecule has 6 aromatic rings. The lowest BCUT2D eigenvalue weighted by Gasteiger charge is -2.26. The second-order valence-corrected chi connectivity index (χ2v) is 13.3. The minimum absolute atomic E-state index is 0. The van der Waals surface area contributed by atoms with Crippen LogP contribution in [0.5, 0.6) is 0 Å². The van der Waals surface area contributed by atoms with Crippen LogP contribution in [0.15, 0.2) is 82.5 Å². The summed E-state index contributed by atoms with van der Waals surface area (Å²) in [4.78, 5) is 44.2. The third-order valence-electron chi connectivity index (χ3n) is 7.55. The highest BCUT2D eigenvalue weighted by Crippen LogP contribution is 2.23. The number of carbonyl (C=O) groups is 2. The van der Waals surface area contributed by atoms with Gasteiger partial charge >= 0.3 is 0 Å². The summed E-state index contributed by atoms with van der Waals surface area (Å²) in [5.74, 6) is 0.915. The average Bonchev–Trinajstić information content (AvgIpc) is 3.74. The predicted molar refractivity (Wildman–Crippen MR) is 211 cm³/mol. The third kappa shape index (κ3) is 10.5. The zero-order valence-corrected chi connectivity index (χ0v) is 32.0. The molecule has 0 aliphatic carbocycles. The lowest BCUT2D eigenvalue weighted by molar-refractivity contribution is 0.0629. The van der Waals surface area contributed by atoms with E-state index in [4.69, 9.17) is 10.5 Å². The Morgan fingerprint density at radius 2 is 1.40 bits per heavy atom. The lowest BCUT2D eigenvalue weighted by atomic mass is 10.2. The maximum atomic E-state index is 13.1. The van der Waals surface area contributed by atoms with E-state index >= 15 is 0 Å². The Bertz CT molecular complexity index is 2090. The molecule has 0 fully saturated rings. The number of halogens is 2. The molecular formula is C35H43Br2N13O3. The van der Waals surface area contributed by atoms with Gasteiger partial charge in [-0.1, -0.05) is 19.6 Å². The molecule has 53 heavy (non-hydrogen) atoms. The second-order valence-electron chi connectivity index (χ2n) is 11.6. The number of ether oxygens (including phenoxy) is 1. The maximum Gasteiger partial charge on any atom is 0.272 e. The molecule has 6 rings (SSSR count). The van der Waals surface area contributed by atoms with Crippen molar-refractivity contribution >= 4 is 66.6 Å². The minimum atomic E-state index is -0.277. The Morgan fingerprint density at radius 3 is 1.87 bits per heavy atom. The number of rotatable bonds is 14. The van der Waals surface area contributed by atoms with Crippen molar-refractivity contribution < 1.29 is 14.3 Å². The van der Waals surface area contributed by atoms with Gasteiger partial charge in [0.05, 0.1) is 27.9 Å². The van der Waals surface area contributed by atoms with Gasteiger partial charge in [-0.25, -0.2) is 9.97 Å². The molecule has 18 heteroatoms. The van der Waals surface area contributed by atoms with Crippen LogP contribution in [0.25, 0.3) is 11.3 Å². The average molecular weight is 854 g/mol. The molecule has 5 N–H and O–H groups in total. The first kappa shape index (κ1) is 40.7. The molecule has 0 spiro atoms. The molecular weight excluding hydrogens is 810 g/mol. The quantitative estimate of drug-likeness (QED) is 0.117. The monoisotopic (exact) mass is 851 g/mol. The van der Waals surface area contributed by atoms with Crippen molar-refractivity contribution in [1.82, 2.24) is 49.4 Å². The first-order chi connectivity index (χ1) is 25.2. The molecule has 280 valence electrons. The van der Waals surface area contributed by atoms with Crippen molar-refractivity contribution in [2.24, 2.45) is 5.73 Å². The highest BCUT2D eigenvalue weighted by atomic mass is 79.9. The molecule has 0 saturated heterocycles. The largest absolute Gasteiger partial charge is 0.383 e. The van der Waals surface area contributed by atoms with Gasteiger partial charge in [0.1, 0.15) is 23.0 Å². The number of nitrogens with zero attached hydrogens (tertiary/aromatic N) is 9. The van der Waals surface area contributed by atoms with E-state index in [2.05, 4.69) is 77.9 Å². The Labute approximate surface area is 324 Å². The zero-order valence-electron chi connectivity index (χ0n) is 28.8. The smallest absolute Gasteiger partial charge is 0.272 e. The van der Waals surface area contributed by atoms with Gasteiger partial charge in [-0.3, -0.25) is 19.6 Å².